The van der Waals surface area contributed by atoms with Crippen LogP contribution in [0.2, 0.25) is 0 Å². The van der Waals surface area contributed by atoms with Gasteiger partial charge in [0, 0.05) is 0 Å². The number of carbonyl (C=O) groups is 3. The third-order valence-corrected chi connectivity index (χ3v) is 4.30. The first-order valence-corrected chi connectivity index (χ1v) is 9.20. The average molecular weight is 415 g/mol. The van der Waals surface area contributed by atoms with Crippen LogP contribution in [0.25, 0.3) is 0 Å². The van der Waals surface area contributed by atoms with Crippen molar-refractivity contribution in [3.05, 3.63) is 71.8 Å². The maximum Gasteiger partial charge on any atom is 0.428 e. The molecule has 0 aromatic heterocycles. The molecule has 0 aliphatic rings. The third kappa shape index (κ3) is 6.40. The topological polar surface area (TPSA) is 106 Å². The average Bonchev–Trinajstić information content (AvgIpc) is 2.79. The van der Waals surface area contributed by atoms with Crippen molar-refractivity contribution in [1.29, 1.82) is 0 Å². The summed E-state index contributed by atoms with van der Waals surface area (Å²) < 4.78 is 14.6. The lowest BCUT2D eigenvalue weighted by atomic mass is 10.0. The number of nitrogens with one attached hydrogen (secondary N) is 2. The Bertz CT molecular complexity index is 831. The molecule has 0 unspecified atom stereocenters. The van der Waals surface area contributed by atoms with Gasteiger partial charge in [-0.1, -0.05) is 60.7 Å². The molecule has 0 spiro atoms. The van der Waals surface area contributed by atoms with Crippen LogP contribution in [0.15, 0.2) is 60.7 Å². The molecule has 2 atom stereocenters. The minimum absolute atomic E-state index is 0.0870. The number of alkyl carbamates (subject to hydrolysis) is 1. The van der Waals surface area contributed by atoms with E-state index >= 15 is 0 Å². The SMILES string of the molecule is COC(=O)NN(C(=O)OC)[C@H](C)[C@H](NC(=O)OCc1ccccc1)c1ccccc1. The molecule has 2 aromatic rings. The van der Waals surface area contributed by atoms with Gasteiger partial charge in [0.2, 0.25) is 0 Å². The van der Waals surface area contributed by atoms with Gasteiger partial charge in [-0.3, -0.25) is 0 Å². The summed E-state index contributed by atoms with van der Waals surface area (Å²) in [5, 5.41) is 3.70. The fraction of sp³-hybridized carbons (Fsp3) is 0.286. The second-order valence-electron chi connectivity index (χ2n) is 6.28. The molecule has 0 saturated carbocycles. The molecule has 0 fully saturated rings. The Labute approximate surface area is 174 Å². The standard InChI is InChI=1S/C21H25N3O6/c1-15(24(21(27)29-3)23-20(26)28-2)18(17-12-8-5-9-13-17)22-19(25)30-14-16-10-6-4-7-11-16/h4-13,15,18H,14H2,1-3H3,(H,22,25)(H,23,26)/t15-,18+/m1/s1. The van der Waals surface area contributed by atoms with Crippen LogP contribution in [0, 0.1) is 0 Å². The number of carbonyl (C=O) groups excluding carboxylic acids is 3. The quantitative estimate of drug-likeness (QED) is 0.553. The monoisotopic (exact) mass is 415 g/mol. The molecular weight excluding hydrogens is 390 g/mol. The molecule has 0 aliphatic heterocycles. The van der Waals surface area contributed by atoms with Crippen molar-refractivity contribution in [2.75, 3.05) is 14.2 Å². The Morgan fingerprint density at radius 1 is 0.900 bits per heavy atom. The molecule has 9 heteroatoms. The van der Waals surface area contributed by atoms with Gasteiger partial charge in [-0.15, -0.1) is 0 Å². The van der Waals surface area contributed by atoms with Crippen LogP contribution in [0.3, 0.4) is 0 Å². The van der Waals surface area contributed by atoms with Gasteiger partial charge in [-0.05, 0) is 18.1 Å². The fourth-order valence-electron chi connectivity index (χ4n) is 2.74. The lowest BCUT2D eigenvalue weighted by Crippen LogP contribution is -2.55. The van der Waals surface area contributed by atoms with Crippen LogP contribution in [0.4, 0.5) is 14.4 Å². The summed E-state index contributed by atoms with van der Waals surface area (Å²) >= 11 is 0. The van der Waals surface area contributed by atoms with E-state index in [0.29, 0.717) is 5.56 Å². The Morgan fingerprint density at radius 2 is 1.50 bits per heavy atom. The highest BCUT2D eigenvalue weighted by molar-refractivity contribution is 5.74. The van der Waals surface area contributed by atoms with Crippen LogP contribution >= 0.6 is 0 Å². The minimum Gasteiger partial charge on any atom is -0.452 e. The summed E-state index contributed by atoms with van der Waals surface area (Å²) in [5.41, 5.74) is 3.83. The highest BCUT2D eigenvalue weighted by Gasteiger charge is 2.32. The Hall–Kier alpha value is -3.75. The molecule has 0 radical (unpaired) electrons. The predicted octanol–water partition coefficient (Wildman–Crippen LogP) is 3.38. The number of hydrazine groups is 1. The minimum atomic E-state index is -0.856. The zero-order chi connectivity index (χ0) is 21.9. The zero-order valence-corrected chi connectivity index (χ0v) is 17.0. The van der Waals surface area contributed by atoms with Crippen molar-refractivity contribution < 1.29 is 28.6 Å². The Kier molecular flexibility index (Phi) is 8.49. The smallest absolute Gasteiger partial charge is 0.428 e. The van der Waals surface area contributed by atoms with Crippen LogP contribution < -0.4 is 10.7 Å². The van der Waals surface area contributed by atoms with Crippen molar-refractivity contribution in [3.8, 4) is 0 Å². The van der Waals surface area contributed by atoms with Crippen molar-refractivity contribution in [2.45, 2.75) is 25.6 Å². The predicted molar refractivity (Wildman–Crippen MR) is 108 cm³/mol. The van der Waals surface area contributed by atoms with Gasteiger partial charge in [-0.25, -0.2) is 24.8 Å². The zero-order valence-electron chi connectivity index (χ0n) is 17.0. The lowest BCUT2D eigenvalue weighted by molar-refractivity contribution is 0.0602. The number of hydrogen-bond donors (Lipinski definition) is 2. The van der Waals surface area contributed by atoms with E-state index in [2.05, 4.69) is 15.5 Å². The normalized spacial score (nSPS) is 12.1. The molecule has 0 saturated heterocycles. The number of amides is 3. The molecule has 0 aliphatic carbocycles. The van der Waals surface area contributed by atoms with E-state index in [-0.39, 0.29) is 6.61 Å². The lowest BCUT2D eigenvalue weighted by Gasteiger charge is -2.33. The van der Waals surface area contributed by atoms with E-state index in [1.165, 1.54) is 14.2 Å². The Balaban J connectivity index is 2.19. The maximum absolute atomic E-state index is 12.5. The number of benzene rings is 2. The number of nitrogens with zero attached hydrogens (tertiary/aromatic N) is 1. The first-order chi connectivity index (χ1) is 14.5. The van der Waals surface area contributed by atoms with Gasteiger partial charge in [0.05, 0.1) is 26.3 Å². The summed E-state index contributed by atoms with van der Waals surface area (Å²) in [6, 6.07) is 16.7. The molecular formula is C21H25N3O6. The summed E-state index contributed by atoms with van der Waals surface area (Å²) in [6.07, 6.45) is -2.36. The molecule has 160 valence electrons. The molecule has 2 aromatic carbocycles. The number of rotatable bonds is 6. The fourth-order valence-corrected chi connectivity index (χ4v) is 2.74. The van der Waals surface area contributed by atoms with E-state index in [4.69, 9.17) is 9.47 Å². The van der Waals surface area contributed by atoms with Gasteiger partial charge < -0.3 is 19.5 Å². The second-order valence-corrected chi connectivity index (χ2v) is 6.28. The summed E-state index contributed by atoms with van der Waals surface area (Å²) in [4.78, 5) is 36.4. The highest BCUT2D eigenvalue weighted by Crippen LogP contribution is 2.21. The van der Waals surface area contributed by atoms with Crippen LogP contribution in [-0.2, 0) is 20.8 Å². The van der Waals surface area contributed by atoms with Crippen molar-refractivity contribution in [2.24, 2.45) is 0 Å². The van der Waals surface area contributed by atoms with Crippen molar-refractivity contribution in [1.82, 2.24) is 15.8 Å². The first kappa shape index (κ1) is 22.5. The molecule has 30 heavy (non-hydrogen) atoms. The molecule has 2 N–H and O–H groups in total. The largest absolute Gasteiger partial charge is 0.452 e. The van der Waals surface area contributed by atoms with Gasteiger partial charge in [0.1, 0.15) is 6.61 Å². The number of methoxy groups -OCH3 is 2. The second kappa shape index (κ2) is 11.3. The van der Waals surface area contributed by atoms with E-state index in [1.54, 1.807) is 31.2 Å². The highest BCUT2D eigenvalue weighted by atomic mass is 16.6. The number of ether oxygens (including phenoxy) is 3. The van der Waals surface area contributed by atoms with Crippen LogP contribution in [-0.4, -0.2) is 43.6 Å². The molecule has 3 amide bonds. The summed E-state index contributed by atoms with van der Waals surface area (Å²) in [5.74, 6) is 0. The molecule has 0 bridgehead atoms. The third-order valence-electron chi connectivity index (χ3n) is 4.30. The van der Waals surface area contributed by atoms with E-state index in [0.717, 1.165) is 10.6 Å². The van der Waals surface area contributed by atoms with Gasteiger partial charge in [0.15, 0.2) is 0 Å². The number of hydrogen-bond acceptors (Lipinski definition) is 6. The molecule has 0 heterocycles. The van der Waals surface area contributed by atoms with Gasteiger partial charge in [0.25, 0.3) is 0 Å². The van der Waals surface area contributed by atoms with Crippen molar-refractivity contribution >= 4 is 18.3 Å². The van der Waals surface area contributed by atoms with Gasteiger partial charge >= 0.3 is 18.3 Å². The molecule has 2 rings (SSSR count). The van der Waals surface area contributed by atoms with E-state index in [9.17, 15) is 14.4 Å². The van der Waals surface area contributed by atoms with Gasteiger partial charge in [-0.2, -0.15) is 0 Å². The molecule has 9 nitrogen and oxygen atoms in total. The summed E-state index contributed by atoms with van der Waals surface area (Å²) in [7, 11) is 2.35. The van der Waals surface area contributed by atoms with Crippen LogP contribution in [0.1, 0.15) is 24.1 Å². The van der Waals surface area contributed by atoms with E-state index < -0.39 is 30.4 Å². The Morgan fingerprint density at radius 3 is 2.07 bits per heavy atom. The van der Waals surface area contributed by atoms with Crippen LogP contribution in [0.5, 0.6) is 0 Å². The maximum atomic E-state index is 12.5. The van der Waals surface area contributed by atoms with Crippen molar-refractivity contribution in [3.63, 3.8) is 0 Å². The van der Waals surface area contributed by atoms with E-state index in [1.807, 2.05) is 36.4 Å². The first-order valence-electron chi connectivity index (χ1n) is 9.20. The summed E-state index contributed by atoms with van der Waals surface area (Å²) in [6.45, 7) is 1.73.